The number of Topliss-reactive ketones (excluding diaryl/α,β-unsaturated/α-hetero) is 1. The molecule has 0 aliphatic heterocycles. The highest BCUT2D eigenvalue weighted by atomic mass is 16.1. The zero-order valence-corrected chi connectivity index (χ0v) is 12.9. The van der Waals surface area contributed by atoms with Crippen LogP contribution < -0.4 is 5.32 Å². The summed E-state index contributed by atoms with van der Waals surface area (Å²) < 4.78 is 1.61. The molecule has 21 heavy (non-hydrogen) atoms. The fraction of sp³-hybridized carbons (Fsp3) is 0.562. The Morgan fingerprint density at radius 2 is 2.19 bits per heavy atom. The molecule has 3 rings (SSSR count). The number of nitrogens with zero attached hydrogens (tertiary/aromatic N) is 3. The van der Waals surface area contributed by atoms with Crippen molar-refractivity contribution in [1.29, 1.82) is 0 Å². The lowest BCUT2D eigenvalue weighted by Crippen LogP contribution is -2.24. The Labute approximate surface area is 124 Å². The van der Waals surface area contributed by atoms with Gasteiger partial charge in [-0.3, -0.25) is 4.79 Å². The largest absolute Gasteiger partial charge is 0.368 e. The Hall–Kier alpha value is -1.91. The average Bonchev–Trinajstić information content (AvgIpc) is 3.11. The highest BCUT2D eigenvalue weighted by Crippen LogP contribution is 2.40. The van der Waals surface area contributed by atoms with E-state index in [0.29, 0.717) is 11.3 Å². The first-order chi connectivity index (χ1) is 9.94. The number of aromatic nitrogens is 3. The van der Waals surface area contributed by atoms with Crippen LogP contribution in [0.2, 0.25) is 0 Å². The van der Waals surface area contributed by atoms with E-state index in [-0.39, 0.29) is 11.2 Å². The molecule has 0 spiro atoms. The highest BCUT2D eigenvalue weighted by Gasteiger charge is 2.29. The first kappa shape index (κ1) is 14.0. The third-order valence-electron chi connectivity index (χ3n) is 4.01. The van der Waals surface area contributed by atoms with Gasteiger partial charge >= 0.3 is 0 Å². The summed E-state index contributed by atoms with van der Waals surface area (Å²) in [4.78, 5) is 15.7. The monoisotopic (exact) mass is 286 g/mol. The first-order valence-electron chi connectivity index (χ1n) is 7.54. The minimum absolute atomic E-state index is 0.0267. The van der Waals surface area contributed by atoms with E-state index in [4.69, 9.17) is 0 Å². The standard InChI is InChI=1S/C16H22N4O/c1-11(21)13-9-17-15-7-6-14(19-20(13)15)18-10-16(2,3)8-12-4-5-12/h6-7,9,12H,4-5,8,10H2,1-3H3,(H,18,19). The zero-order valence-electron chi connectivity index (χ0n) is 12.9. The Kier molecular flexibility index (Phi) is 3.43. The van der Waals surface area contributed by atoms with Crippen LogP contribution in [0.25, 0.3) is 5.65 Å². The van der Waals surface area contributed by atoms with Crippen molar-refractivity contribution in [3.05, 3.63) is 24.0 Å². The lowest BCUT2D eigenvalue weighted by atomic mass is 9.87. The minimum atomic E-state index is -0.0267. The summed E-state index contributed by atoms with van der Waals surface area (Å²) >= 11 is 0. The van der Waals surface area contributed by atoms with Crippen LogP contribution in [0.1, 0.15) is 50.5 Å². The summed E-state index contributed by atoms with van der Waals surface area (Å²) in [7, 11) is 0. The van der Waals surface area contributed by atoms with Crippen LogP contribution in [-0.4, -0.2) is 26.9 Å². The summed E-state index contributed by atoms with van der Waals surface area (Å²) in [5.74, 6) is 1.67. The quantitative estimate of drug-likeness (QED) is 0.829. The summed E-state index contributed by atoms with van der Waals surface area (Å²) in [6.07, 6.45) is 5.59. The summed E-state index contributed by atoms with van der Waals surface area (Å²) in [6.45, 7) is 6.99. The van der Waals surface area contributed by atoms with E-state index in [1.807, 2.05) is 12.1 Å². The number of anilines is 1. The maximum atomic E-state index is 11.6. The molecule has 0 unspecified atom stereocenters. The number of hydrogen-bond acceptors (Lipinski definition) is 4. The molecule has 0 saturated heterocycles. The third kappa shape index (κ3) is 3.23. The van der Waals surface area contributed by atoms with Crippen molar-refractivity contribution in [2.75, 3.05) is 11.9 Å². The van der Waals surface area contributed by atoms with Crippen molar-refractivity contribution in [2.24, 2.45) is 11.3 Å². The van der Waals surface area contributed by atoms with E-state index >= 15 is 0 Å². The molecule has 0 atom stereocenters. The van der Waals surface area contributed by atoms with Gasteiger partial charge in [0.25, 0.3) is 0 Å². The average molecular weight is 286 g/mol. The number of fused-ring (bicyclic) bond motifs is 1. The fourth-order valence-corrected chi connectivity index (χ4v) is 2.71. The van der Waals surface area contributed by atoms with Gasteiger partial charge in [0.1, 0.15) is 11.5 Å². The predicted molar refractivity (Wildman–Crippen MR) is 82.6 cm³/mol. The molecule has 2 heterocycles. The summed E-state index contributed by atoms with van der Waals surface area (Å²) in [5.41, 5.74) is 1.48. The normalized spacial score (nSPS) is 15.4. The Bertz CT molecular complexity index is 670. The second-order valence-electron chi connectivity index (χ2n) is 6.85. The van der Waals surface area contributed by atoms with Gasteiger partial charge in [-0.05, 0) is 29.9 Å². The van der Waals surface area contributed by atoms with Gasteiger partial charge < -0.3 is 5.32 Å². The van der Waals surface area contributed by atoms with Crippen LogP contribution in [0.4, 0.5) is 5.82 Å². The van der Waals surface area contributed by atoms with Crippen molar-refractivity contribution < 1.29 is 4.79 Å². The van der Waals surface area contributed by atoms with E-state index in [9.17, 15) is 4.79 Å². The van der Waals surface area contributed by atoms with E-state index in [2.05, 4.69) is 29.2 Å². The van der Waals surface area contributed by atoms with Crippen molar-refractivity contribution in [3.8, 4) is 0 Å². The molecule has 0 aromatic carbocycles. The lowest BCUT2D eigenvalue weighted by Gasteiger charge is -2.25. The smallest absolute Gasteiger partial charge is 0.179 e. The van der Waals surface area contributed by atoms with Gasteiger partial charge in [-0.1, -0.05) is 26.7 Å². The van der Waals surface area contributed by atoms with Crippen LogP contribution in [0, 0.1) is 11.3 Å². The molecule has 0 amide bonds. The topological polar surface area (TPSA) is 59.3 Å². The second kappa shape index (κ2) is 5.13. The summed E-state index contributed by atoms with van der Waals surface area (Å²) in [5, 5.41) is 7.87. The number of imidazole rings is 1. The summed E-state index contributed by atoms with van der Waals surface area (Å²) in [6, 6.07) is 3.80. The zero-order chi connectivity index (χ0) is 15.0. The Morgan fingerprint density at radius 1 is 1.43 bits per heavy atom. The van der Waals surface area contributed by atoms with Gasteiger partial charge in [-0.2, -0.15) is 0 Å². The minimum Gasteiger partial charge on any atom is -0.368 e. The first-order valence-corrected chi connectivity index (χ1v) is 7.54. The van der Waals surface area contributed by atoms with Crippen LogP contribution in [0.5, 0.6) is 0 Å². The Balaban J connectivity index is 1.74. The van der Waals surface area contributed by atoms with E-state index in [1.54, 1.807) is 10.7 Å². The molecule has 112 valence electrons. The fourth-order valence-electron chi connectivity index (χ4n) is 2.71. The number of hydrogen-bond donors (Lipinski definition) is 1. The van der Waals surface area contributed by atoms with E-state index in [1.165, 1.54) is 26.2 Å². The molecule has 1 saturated carbocycles. The molecule has 1 fully saturated rings. The van der Waals surface area contributed by atoms with Crippen molar-refractivity contribution in [2.45, 2.75) is 40.0 Å². The SMILES string of the molecule is CC(=O)c1cnc2ccc(NCC(C)(C)CC3CC3)nn12. The number of carbonyl (C=O) groups is 1. The maximum Gasteiger partial charge on any atom is 0.179 e. The molecule has 0 radical (unpaired) electrons. The van der Waals surface area contributed by atoms with Crippen molar-refractivity contribution >= 4 is 17.2 Å². The molecule has 5 heteroatoms. The molecule has 5 nitrogen and oxygen atoms in total. The van der Waals surface area contributed by atoms with Gasteiger partial charge in [0.2, 0.25) is 0 Å². The van der Waals surface area contributed by atoms with Crippen LogP contribution >= 0.6 is 0 Å². The highest BCUT2D eigenvalue weighted by molar-refractivity contribution is 5.92. The Morgan fingerprint density at radius 3 is 2.86 bits per heavy atom. The van der Waals surface area contributed by atoms with Crippen molar-refractivity contribution in [1.82, 2.24) is 14.6 Å². The molecule has 2 aromatic heterocycles. The van der Waals surface area contributed by atoms with Crippen LogP contribution in [0.15, 0.2) is 18.3 Å². The van der Waals surface area contributed by atoms with Gasteiger partial charge in [-0.25, -0.2) is 9.50 Å². The van der Waals surface area contributed by atoms with Crippen LogP contribution in [0.3, 0.4) is 0 Å². The molecule has 1 aliphatic rings. The number of rotatable bonds is 6. The molecule has 1 aliphatic carbocycles. The molecule has 1 N–H and O–H groups in total. The molecule has 2 aromatic rings. The molecular weight excluding hydrogens is 264 g/mol. The van der Waals surface area contributed by atoms with E-state index < -0.39 is 0 Å². The maximum absolute atomic E-state index is 11.6. The van der Waals surface area contributed by atoms with Gasteiger partial charge in [0.05, 0.1) is 6.20 Å². The predicted octanol–water partition coefficient (Wildman–Crippen LogP) is 3.17. The third-order valence-corrected chi connectivity index (χ3v) is 4.01. The number of ketones is 1. The molecule has 0 bridgehead atoms. The lowest BCUT2D eigenvalue weighted by molar-refractivity contribution is 0.101. The second-order valence-corrected chi connectivity index (χ2v) is 6.85. The molecular formula is C16H22N4O. The van der Waals surface area contributed by atoms with Gasteiger partial charge in [0.15, 0.2) is 11.4 Å². The van der Waals surface area contributed by atoms with Gasteiger partial charge in [0, 0.05) is 13.5 Å². The number of carbonyl (C=O) groups excluding carboxylic acids is 1. The number of nitrogens with one attached hydrogen (secondary N) is 1. The van der Waals surface area contributed by atoms with Gasteiger partial charge in [-0.15, -0.1) is 5.10 Å². The van der Waals surface area contributed by atoms with Crippen LogP contribution in [-0.2, 0) is 0 Å². The van der Waals surface area contributed by atoms with E-state index in [0.717, 1.165) is 18.3 Å². The van der Waals surface area contributed by atoms with Crippen molar-refractivity contribution in [3.63, 3.8) is 0 Å².